The Kier molecular flexibility index (Phi) is 6.32. The summed E-state index contributed by atoms with van der Waals surface area (Å²) < 4.78 is 11.1. The van der Waals surface area contributed by atoms with Gasteiger partial charge in [0, 0.05) is 25.1 Å². The lowest BCUT2D eigenvalue weighted by atomic mass is 9.97. The Balaban J connectivity index is 1.44. The second-order valence-electron chi connectivity index (χ2n) is 8.71. The molecule has 2 aliphatic rings. The molecule has 6 nitrogen and oxygen atoms in total. The highest BCUT2D eigenvalue weighted by Gasteiger charge is 2.36. The van der Waals surface area contributed by atoms with Gasteiger partial charge in [0.1, 0.15) is 11.5 Å². The minimum Gasteiger partial charge on any atom is -0.497 e. The van der Waals surface area contributed by atoms with E-state index in [-0.39, 0.29) is 11.9 Å². The van der Waals surface area contributed by atoms with Crippen LogP contribution in [-0.2, 0) is 17.8 Å². The normalized spacial score (nSPS) is 17.8. The van der Waals surface area contributed by atoms with Crippen molar-refractivity contribution in [1.82, 2.24) is 9.91 Å². The van der Waals surface area contributed by atoms with Gasteiger partial charge >= 0.3 is 0 Å². The molecule has 1 atom stereocenters. The summed E-state index contributed by atoms with van der Waals surface area (Å²) in [6, 6.07) is 24.0. The Labute approximate surface area is 200 Å². The van der Waals surface area contributed by atoms with E-state index in [4.69, 9.17) is 14.6 Å². The second-order valence-corrected chi connectivity index (χ2v) is 8.71. The molecule has 0 fully saturated rings. The minimum atomic E-state index is -0.259. The summed E-state index contributed by atoms with van der Waals surface area (Å²) in [5.41, 5.74) is 5.48. The summed E-state index contributed by atoms with van der Waals surface area (Å²) >= 11 is 0. The fourth-order valence-electron chi connectivity index (χ4n) is 4.84. The minimum absolute atomic E-state index is 0.0137. The number of rotatable bonds is 6. The largest absolute Gasteiger partial charge is 0.497 e. The molecule has 0 aromatic heterocycles. The van der Waals surface area contributed by atoms with Gasteiger partial charge in [0.25, 0.3) is 5.91 Å². The van der Waals surface area contributed by atoms with Crippen molar-refractivity contribution in [3.8, 4) is 11.5 Å². The van der Waals surface area contributed by atoms with Gasteiger partial charge in [0.05, 0.1) is 32.5 Å². The van der Waals surface area contributed by atoms with Gasteiger partial charge in [0.2, 0.25) is 0 Å². The zero-order chi connectivity index (χ0) is 23.5. The summed E-state index contributed by atoms with van der Waals surface area (Å²) in [6.45, 7) is 1.96. The number of amides is 1. The number of fused-ring (bicyclic) bond motifs is 1. The molecule has 0 unspecified atom stereocenters. The smallest absolute Gasteiger partial charge is 0.257 e. The number of ether oxygens (including phenoxy) is 2. The van der Waals surface area contributed by atoms with Crippen LogP contribution < -0.4 is 9.47 Å². The maximum Gasteiger partial charge on any atom is 0.257 e. The van der Waals surface area contributed by atoms with Crippen LogP contribution in [-0.4, -0.2) is 48.8 Å². The van der Waals surface area contributed by atoms with Gasteiger partial charge < -0.3 is 9.47 Å². The van der Waals surface area contributed by atoms with Gasteiger partial charge in [-0.3, -0.25) is 9.69 Å². The van der Waals surface area contributed by atoms with E-state index in [1.165, 1.54) is 11.1 Å². The zero-order valence-electron chi connectivity index (χ0n) is 19.6. The molecule has 0 spiro atoms. The van der Waals surface area contributed by atoms with Crippen LogP contribution >= 0.6 is 0 Å². The molecule has 2 aliphatic heterocycles. The fraction of sp³-hybridized carbons (Fsp3) is 0.286. The molecule has 0 aliphatic carbocycles. The molecule has 0 saturated heterocycles. The highest BCUT2D eigenvalue weighted by Crippen LogP contribution is 2.39. The summed E-state index contributed by atoms with van der Waals surface area (Å²) in [5, 5.41) is 6.49. The monoisotopic (exact) mass is 455 g/mol. The Morgan fingerprint density at radius 1 is 0.971 bits per heavy atom. The fourth-order valence-corrected chi connectivity index (χ4v) is 4.84. The topological polar surface area (TPSA) is 54.4 Å². The van der Waals surface area contributed by atoms with Crippen molar-refractivity contribution in [1.29, 1.82) is 0 Å². The van der Waals surface area contributed by atoms with Gasteiger partial charge in [-0.1, -0.05) is 54.6 Å². The van der Waals surface area contributed by atoms with E-state index in [0.29, 0.717) is 13.0 Å². The highest BCUT2D eigenvalue weighted by molar-refractivity contribution is 6.03. The van der Waals surface area contributed by atoms with Crippen molar-refractivity contribution in [2.45, 2.75) is 25.4 Å². The van der Waals surface area contributed by atoms with E-state index in [9.17, 15) is 4.79 Å². The molecule has 3 aromatic rings. The molecule has 0 radical (unpaired) electrons. The Hall–Kier alpha value is -3.64. The van der Waals surface area contributed by atoms with Crippen LogP contribution in [0, 0.1) is 0 Å². The van der Waals surface area contributed by atoms with Crippen LogP contribution in [0.15, 0.2) is 77.9 Å². The molecule has 3 aromatic carbocycles. The van der Waals surface area contributed by atoms with Gasteiger partial charge in [-0.2, -0.15) is 5.10 Å². The van der Waals surface area contributed by atoms with Crippen molar-refractivity contribution in [2.24, 2.45) is 5.10 Å². The van der Waals surface area contributed by atoms with Crippen LogP contribution in [0.1, 0.15) is 34.7 Å². The molecule has 34 heavy (non-hydrogen) atoms. The molecule has 2 heterocycles. The first-order chi connectivity index (χ1) is 16.7. The Bertz CT molecular complexity index is 1210. The van der Waals surface area contributed by atoms with Crippen molar-refractivity contribution in [3.05, 3.63) is 95.1 Å². The third-order valence-corrected chi connectivity index (χ3v) is 6.64. The third kappa shape index (κ3) is 4.41. The predicted molar refractivity (Wildman–Crippen MR) is 132 cm³/mol. The number of hydrogen-bond donors (Lipinski definition) is 0. The van der Waals surface area contributed by atoms with E-state index in [1.807, 2.05) is 48.5 Å². The van der Waals surface area contributed by atoms with Crippen LogP contribution in [0.4, 0.5) is 0 Å². The first-order valence-electron chi connectivity index (χ1n) is 11.6. The van der Waals surface area contributed by atoms with E-state index in [2.05, 4.69) is 29.2 Å². The van der Waals surface area contributed by atoms with Crippen LogP contribution in [0.5, 0.6) is 11.5 Å². The lowest BCUT2D eigenvalue weighted by Crippen LogP contribution is -2.40. The lowest BCUT2D eigenvalue weighted by molar-refractivity contribution is -0.134. The molecule has 174 valence electrons. The average molecular weight is 456 g/mol. The maximum atomic E-state index is 13.6. The standard InChI is InChI=1S/C28H29N3O3/c1-33-23-12-13-27(34-2)24(16-23)26-17-25(21-9-4-3-5-10-21)29-31(26)28(32)19-30-15-14-20-8-6-7-11-22(20)18-30/h3-13,16,26H,14-15,17-19H2,1-2H3/t26-/m0/s1. The first kappa shape index (κ1) is 22.2. The SMILES string of the molecule is COc1ccc(OC)c([C@@H]2CC(c3ccccc3)=NN2C(=O)CN2CCc3ccccc3C2)c1. The quantitative estimate of drug-likeness (QED) is 0.552. The number of hydrazone groups is 1. The van der Waals surface area contributed by atoms with E-state index >= 15 is 0 Å². The summed E-state index contributed by atoms with van der Waals surface area (Å²) in [5.74, 6) is 1.43. The van der Waals surface area contributed by atoms with Gasteiger partial charge in [0.15, 0.2) is 0 Å². The van der Waals surface area contributed by atoms with Gasteiger partial charge in [-0.25, -0.2) is 5.01 Å². The highest BCUT2D eigenvalue weighted by atomic mass is 16.5. The molecule has 1 amide bonds. The summed E-state index contributed by atoms with van der Waals surface area (Å²) in [7, 11) is 3.29. The van der Waals surface area contributed by atoms with Crippen molar-refractivity contribution < 1.29 is 14.3 Å². The number of benzene rings is 3. The number of carbonyl (C=O) groups excluding carboxylic acids is 1. The number of hydrogen-bond acceptors (Lipinski definition) is 5. The van der Waals surface area contributed by atoms with Crippen molar-refractivity contribution in [2.75, 3.05) is 27.3 Å². The Morgan fingerprint density at radius 2 is 1.74 bits per heavy atom. The van der Waals surface area contributed by atoms with Crippen LogP contribution in [0.25, 0.3) is 0 Å². The van der Waals surface area contributed by atoms with Crippen molar-refractivity contribution in [3.63, 3.8) is 0 Å². The van der Waals surface area contributed by atoms with Gasteiger partial charge in [-0.15, -0.1) is 0 Å². The molecule has 0 bridgehead atoms. The predicted octanol–water partition coefficient (Wildman–Crippen LogP) is 4.44. The van der Waals surface area contributed by atoms with Crippen LogP contribution in [0.3, 0.4) is 0 Å². The lowest BCUT2D eigenvalue weighted by Gasteiger charge is -2.30. The summed E-state index contributed by atoms with van der Waals surface area (Å²) in [4.78, 5) is 15.9. The second kappa shape index (κ2) is 9.69. The number of carbonyl (C=O) groups is 1. The molecule has 0 saturated carbocycles. The van der Waals surface area contributed by atoms with Gasteiger partial charge in [-0.05, 0) is 41.3 Å². The molecular weight excluding hydrogens is 426 g/mol. The summed E-state index contributed by atoms with van der Waals surface area (Å²) in [6.07, 6.45) is 1.57. The van der Waals surface area contributed by atoms with E-state index in [0.717, 1.165) is 47.8 Å². The molecule has 5 rings (SSSR count). The van der Waals surface area contributed by atoms with Crippen molar-refractivity contribution >= 4 is 11.6 Å². The van der Waals surface area contributed by atoms with E-state index in [1.54, 1.807) is 19.2 Å². The maximum absolute atomic E-state index is 13.6. The Morgan fingerprint density at radius 3 is 2.50 bits per heavy atom. The molecule has 0 N–H and O–H groups in total. The van der Waals surface area contributed by atoms with Crippen LogP contribution in [0.2, 0.25) is 0 Å². The molecular formula is C28H29N3O3. The average Bonchev–Trinajstić information content (AvgIpc) is 3.34. The molecule has 6 heteroatoms. The third-order valence-electron chi connectivity index (χ3n) is 6.64. The zero-order valence-corrected chi connectivity index (χ0v) is 19.6. The van der Waals surface area contributed by atoms with E-state index < -0.39 is 0 Å². The first-order valence-corrected chi connectivity index (χ1v) is 11.6. The number of methoxy groups -OCH3 is 2. The number of nitrogens with zero attached hydrogens (tertiary/aromatic N) is 3.